The standard InChI is InChI=1S/C7H4F5N3O3/c8-6(9)15-1-2(3(14-15)4(16)17)13-5(18)7(10,11)12/h1,6H,(H,13,18)(H,16,17). The second kappa shape index (κ2) is 4.58. The van der Waals surface area contributed by atoms with Crippen LogP contribution in [0.4, 0.5) is 27.6 Å². The zero-order chi connectivity index (χ0) is 14.1. The Hall–Kier alpha value is -2.20. The van der Waals surface area contributed by atoms with Gasteiger partial charge in [0.15, 0.2) is 5.69 Å². The van der Waals surface area contributed by atoms with Crippen molar-refractivity contribution >= 4 is 17.6 Å². The molecule has 1 rings (SSSR count). The lowest BCUT2D eigenvalue weighted by Crippen LogP contribution is -2.30. The quantitative estimate of drug-likeness (QED) is 0.817. The molecule has 6 nitrogen and oxygen atoms in total. The first-order valence-corrected chi connectivity index (χ1v) is 4.11. The van der Waals surface area contributed by atoms with Gasteiger partial charge < -0.3 is 10.4 Å². The van der Waals surface area contributed by atoms with Gasteiger partial charge >= 0.3 is 24.6 Å². The Kier molecular flexibility index (Phi) is 3.53. The van der Waals surface area contributed by atoms with Crippen LogP contribution in [0.1, 0.15) is 17.0 Å². The van der Waals surface area contributed by atoms with Crippen LogP contribution >= 0.6 is 0 Å². The third kappa shape index (κ3) is 2.93. The Morgan fingerprint density at radius 1 is 1.39 bits per heavy atom. The Morgan fingerprint density at radius 3 is 2.33 bits per heavy atom. The van der Waals surface area contributed by atoms with E-state index in [1.54, 1.807) is 0 Å². The lowest BCUT2D eigenvalue weighted by atomic mass is 10.3. The molecule has 1 amide bonds. The Labute approximate surface area is 95.0 Å². The molecule has 1 aromatic rings. The van der Waals surface area contributed by atoms with Gasteiger partial charge in [0.1, 0.15) is 0 Å². The molecule has 0 saturated carbocycles. The van der Waals surface area contributed by atoms with Crippen molar-refractivity contribution in [1.82, 2.24) is 9.78 Å². The molecule has 18 heavy (non-hydrogen) atoms. The number of aromatic carboxylic acids is 1. The average Bonchev–Trinajstić information content (AvgIpc) is 2.60. The van der Waals surface area contributed by atoms with E-state index < -0.39 is 36.0 Å². The van der Waals surface area contributed by atoms with Crippen molar-refractivity contribution in [2.45, 2.75) is 12.7 Å². The van der Waals surface area contributed by atoms with Crippen LogP contribution in [0.5, 0.6) is 0 Å². The van der Waals surface area contributed by atoms with E-state index in [9.17, 15) is 31.5 Å². The third-order valence-electron chi connectivity index (χ3n) is 1.64. The van der Waals surface area contributed by atoms with Crippen molar-refractivity contribution < 1.29 is 36.6 Å². The number of nitrogens with one attached hydrogen (secondary N) is 1. The number of amides is 1. The van der Waals surface area contributed by atoms with E-state index in [0.717, 1.165) is 5.32 Å². The van der Waals surface area contributed by atoms with Crippen LogP contribution in [-0.4, -0.2) is 32.9 Å². The van der Waals surface area contributed by atoms with Crippen LogP contribution in [-0.2, 0) is 4.79 Å². The van der Waals surface area contributed by atoms with Gasteiger partial charge in [-0.05, 0) is 0 Å². The summed E-state index contributed by atoms with van der Waals surface area (Å²) < 4.78 is 59.8. The molecule has 0 aliphatic carbocycles. The predicted octanol–water partition coefficient (Wildman–Crippen LogP) is 1.48. The minimum Gasteiger partial charge on any atom is -0.476 e. The number of hydrogen-bond donors (Lipinski definition) is 2. The zero-order valence-electron chi connectivity index (χ0n) is 8.20. The molecule has 1 aromatic heterocycles. The number of rotatable bonds is 3. The summed E-state index contributed by atoms with van der Waals surface area (Å²) in [6, 6.07) is 0. The van der Waals surface area contributed by atoms with E-state index in [0.29, 0.717) is 0 Å². The van der Waals surface area contributed by atoms with Gasteiger partial charge in [-0.3, -0.25) is 4.79 Å². The molecular formula is C7H4F5N3O3. The molecule has 0 aliphatic heterocycles. The van der Waals surface area contributed by atoms with Crippen LogP contribution in [0, 0.1) is 0 Å². The van der Waals surface area contributed by atoms with Crippen molar-refractivity contribution in [2.24, 2.45) is 0 Å². The smallest absolute Gasteiger partial charge is 0.471 e. The summed E-state index contributed by atoms with van der Waals surface area (Å²) in [7, 11) is 0. The van der Waals surface area contributed by atoms with Gasteiger partial charge in [-0.25, -0.2) is 9.48 Å². The number of halogens is 5. The predicted molar refractivity (Wildman–Crippen MR) is 45.1 cm³/mol. The summed E-state index contributed by atoms with van der Waals surface area (Å²) in [5.74, 6) is -4.34. The molecule has 0 bridgehead atoms. The van der Waals surface area contributed by atoms with Crippen molar-refractivity contribution in [3.63, 3.8) is 0 Å². The monoisotopic (exact) mass is 273 g/mol. The average molecular weight is 273 g/mol. The Morgan fingerprint density at radius 2 is 1.94 bits per heavy atom. The minimum absolute atomic E-state index is 0.185. The highest BCUT2D eigenvalue weighted by Gasteiger charge is 2.39. The fourth-order valence-electron chi connectivity index (χ4n) is 0.934. The highest BCUT2D eigenvalue weighted by Crippen LogP contribution is 2.22. The highest BCUT2D eigenvalue weighted by atomic mass is 19.4. The van der Waals surface area contributed by atoms with Gasteiger partial charge in [0.05, 0.1) is 11.9 Å². The number of nitrogens with zero attached hydrogens (tertiary/aromatic N) is 2. The summed E-state index contributed by atoms with van der Waals surface area (Å²) in [4.78, 5) is 21.1. The van der Waals surface area contributed by atoms with Gasteiger partial charge in [0.25, 0.3) is 0 Å². The molecule has 0 atom stereocenters. The maximum Gasteiger partial charge on any atom is 0.471 e. The van der Waals surface area contributed by atoms with E-state index in [1.807, 2.05) is 0 Å². The fourth-order valence-corrected chi connectivity index (χ4v) is 0.934. The van der Waals surface area contributed by atoms with Crippen molar-refractivity contribution in [1.29, 1.82) is 0 Å². The van der Waals surface area contributed by atoms with Crippen molar-refractivity contribution in [2.75, 3.05) is 5.32 Å². The minimum atomic E-state index is -5.28. The first-order valence-electron chi connectivity index (χ1n) is 4.11. The molecule has 1 heterocycles. The number of carbonyl (C=O) groups excluding carboxylic acids is 1. The molecule has 2 N–H and O–H groups in total. The molecule has 0 aliphatic rings. The second-order valence-electron chi connectivity index (χ2n) is 2.91. The summed E-state index contributed by atoms with van der Waals surface area (Å²) in [5, 5.41) is 12.5. The number of aromatic nitrogens is 2. The van der Waals surface area contributed by atoms with Gasteiger partial charge in [-0.1, -0.05) is 0 Å². The van der Waals surface area contributed by atoms with Gasteiger partial charge in [-0.2, -0.15) is 27.1 Å². The van der Waals surface area contributed by atoms with Crippen molar-refractivity contribution in [3.05, 3.63) is 11.9 Å². The molecule has 100 valence electrons. The van der Waals surface area contributed by atoms with E-state index in [2.05, 4.69) is 5.10 Å². The fraction of sp³-hybridized carbons (Fsp3) is 0.286. The number of carboxylic acid groups (broad SMARTS) is 1. The topological polar surface area (TPSA) is 84.2 Å². The first-order chi connectivity index (χ1) is 8.12. The maximum absolute atomic E-state index is 12.2. The van der Waals surface area contributed by atoms with E-state index in [4.69, 9.17) is 5.11 Å². The number of anilines is 1. The third-order valence-corrected chi connectivity index (χ3v) is 1.64. The van der Waals surface area contributed by atoms with Crippen LogP contribution in [0.2, 0.25) is 0 Å². The Balaban J connectivity index is 3.08. The molecule has 11 heteroatoms. The van der Waals surface area contributed by atoms with Crippen molar-refractivity contribution in [3.8, 4) is 0 Å². The van der Waals surface area contributed by atoms with E-state index in [-0.39, 0.29) is 10.9 Å². The Bertz CT molecular complexity index is 481. The lowest BCUT2D eigenvalue weighted by Gasteiger charge is -2.05. The second-order valence-corrected chi connectivity index (χ2v) is 2.91. The normalized spacial score (nSPS) is 11.7. The van der Waals surface area contributed by atoms with Crippen LogP contribution in [0.25, 0.3) is 0 Å². The summed E-state index contributed by atoms with van der Waals surface area (Å²) in [6.45, 7) is -3.25. The number of carbonyl (C=O) groups is 2. The number of carboxylic acids is 1. The molecule has 0 radical (unpaired) electrons. The zero-order valence-corrected chi connectivity index (χ0v) is 8.20. The summed E-state index contributed by atoms with van der Waals surface area (Å²) >= 11 is 0. The van der Waals surface area contributed by atoms with E-state index >= 15 is 0 Å². The SMILES string of the molecule is O=C(O)c1nn(C(F)F)cc1NC(=O)C(F)(F)F. The van der Waals surface area contributed by atoms with Gasteiger partial charge in [0, 0.05) is 0 Å². The molecule has 0 fully saturated rings. The largest absolute Gasteiger partial charge is 0.476 e. The van der Waals surface area contributed by atoms with Gasteiger partial charge in [-0.15, -0.1) is 0 Å². The highest BCUT2D eigenvalue weighted by molar-refractivity contribution is 6.00. The molecular weight excluding hydrogens is 269 g/mol. The first kappa shape index (κ1) is 13.9. The molecule has 0 aromatic carbocycles. The lowest BCUT2D eigenvalue weighted by molar-refractivity contribution is -0.167. The summed E-state index contributed by atoms with van der Waals surface area (Å²) in [6.07, 6.45) is -4.99. The van der Waals surface area contributed by atoms with Crippen LogP contribution in [0.3, 0.4) is 0 Å². The molecule has 0 spiro atoms. The summed E-state index contributed by atoms with van der Waals surface area (Å²) in [5.41, 5.74) is -2.09. The van der Waals surface area contributed by atoms with Crippen LogP contribution in [0.15, 0.2) is 6.20 Å². The maximum atomic E-state index is 12.2. The molecule has 0 unspecified atom stereocenters. The molecule has 0 saturated heterocycles. The number of alkyl halides is 5. The van der Waals surface area contributed by atoms with Crippen LogP contribution < -0.4 is 5.32 Å². The number of hydrogen-bond acceptors (Lipinski definition) is 3. The van der Waals surface area contributed by atoms with Gasteiger partial charge in [0.2, 0.25) is 0 Å². The van der Waals surface area contributed by atoms with E-state index in [1.165, 1.54) is 0 Å².